The molecule has 154 valence electrons. The summed E-state index contributed by atoms with van der Waals surface area (Å²) in [5.74, 6) is 2.99. The molecule has 10 heteroatoms. The average molecular weight is 423 g/mol. The molecule has 0 saturated carbocycles. The summed E-state index contributed by atoms with van der Waals surface area (Å²) in [5, 5.41) is 5.12. The summed E-state index contributed by atoms with van der Waals surface area (Å²) in [6.45, 7) is 0.268. The first-order valence-corrected chi connectivity index (χ1v) is 10.4. The number of benzene rings is 1. The molecule has 0 aliphatic heterocycles. The Bertz CT molecular complexity index is 941. The summed E-state index contributed by atoms with van der Waals surface area (Å²) in [6.07, 6.45) is 1.26. The maximum Gasteiger partial charge on any atom is 0.339 e. The fraction of sp³-hybridized carbons (Fsp3) is 0.263. The highest BCUT2D eigenvalue weighted by Crippen LogP contribution is 2.32. The van der Waals surface area contributed by atoms with E-state index in [1.165, 1.54) is 6.07 Å². The van der Waals surface area contributed by atoms with Gasteiger partial charge in [0.15, 0.2) is 0 Å². The van der Waals surface area contributed by atoms with E-state index in [9.17, 15) is 18.1 Å². The van der Waals surface area contributed by atoms with Gasteiger partial charge >= 0.3 is 7.60 Å². The van der Waals surface area contributed by atoms with Crippen molar-refractivity contribution in [2.45, 2.75) is 18.9 Å². The van der Waals surface area contributed by atoms with E-state index in [1.54, 1.807) is 18.3 Å². The quantitative estimate of drug-likeness (QED) is 0.379. The van der Waals surface area contributed by atoms with Crippen LogP contribution in [-0.4, -0.2) is 39.6 Å². The van der Waals surface area contributed by atoms with Crippen LogP contribution in [0.4, 0.5) is 8.78 Å². The third-order valence-corrected chi connectivity index (χ3v) is 4.32. The van der Waals surface area contributed by atoms with Gasteiger partial charge in [0.05, 0.1) is 17.9 Å². The first-order valence-electron chi connectivity index (χ1n) is 8.64. The normalized spacial score (nSPS) is 12.0. The number of aromatic nitrogens is 1. The van der Waals surface area contributed by atoms with Crippen molar-refractivity contribution in [1.82, 2.24) is 15.6 Å². The Morgan fingerprint density at radius 3 is 2.69 bits per heavy atom. The molecule has 0 saturated heterocycles. The fourth-order valence-corrected chi connectivity index (χ4v) is 2.77. The third-order valence-electron chi connectivity index (χ3n) is 3.73. The van der Waals surface area contributed by atoms with Gasteiger partial charge in [0.2, 0.25) is 5.91 Å². The molecule has 1 aromatic heterocycles. The zero-order valence-electron chi connectivity index (χ0n) is 15.3. The molecule has 0 aliphatic rings. The van der Waals surface area contributed by atoms with E-state index in [4.69, 9.17) is 9.79 Å². The molecule has 0 bridgehead atoms. The molecule has 29 heavy (non-hydrogen) atoms. The lowest BCUT2D eigenvalue weighted by atomic mass is 10.1. The van der Waals surface area contributed by atoms with Crippen molar-refractivity contribution < 1.29 is 27.9 Å². The number of halogens is 2. The maximum absolute atomic E-state index is 13.6. The van der Waals surface area contributed by atoms with Crippen LogP contribution in [0.2, 0.25) is 0 Å². The molecule has 1 amide bonds. The largest absolute Gasteiger partial charge is 0.354 e. The summed E-state index contributed by atoms with van der Waals surface area (Å²) in [7, 11) is -4.39. The van der Waals surface area contributed by atoms with E-state index in [2.05, 4.69) is 27.5 Å². The Hall–Kier alpha value is -2.63. The second kappa shape index (κ2) is 10.8. The topological polar surface area (TPSA) is 112 Å². The van der Waals surface area contributed by atoms with Gasteiger partial charge < -0.3 is 15.1 Å². The maximum atomic E-state index is 13.6. The van der Waals surface area contributed by atoms with Crippen LogP contribution in [0.3, 0.4) is 0 Å². The second-order valence-corrected chi connectivity index (χ2v) is 7.72. The summed E-state index contributed by atoms with van der Waals surface area (Å²) >= 11 is 0. The first kappa shape index (κ1) is 22.7. The van der Waals surface area contributed by atoms with E-state index >= 15 is 0 Å². The number of hydrogen-bond acceptors (Lipinski definition) is 4. The molecule has 0 unspecified atom stereocenters. The van der Waals surface area contributed by atoms with Crippen LogP contribution >= 0.6 is 7.60 Å². The van der Waals surface area contributed by atoms with Crippen molar-refractivity contribution in [3.8, 4) is 11.8 Å². The van der Waals surface area contributed by atoms with Crippen molar-refractivity contribution in [1.29, 1.82) is 0 Å². The van der Waals surface area contributed by atoms with Crippen molar-refractivity contribution in [3.63, 3.8) is 0 Å². The summed E-state index contributed by atoms with van der Waals surface area (Å²) < 4.78 is 37.6. The average Bonchev–Trinajstić information content (AvgIpc) is 2.66. The molecule has 0 aliphatic carbocycles. The van der Waals surface area contributed by atoms with Gasteiger partial charge in [0.25, 0.3) is 0 Å². The summed E-state index contributed by atoms with van der Waals surface area (Å²) in [4.78, 5) is 34.6. The molecular formula is C19H20F2N3O4P. The Labute approximate surface area is 166 Å². The molecule has 0 radical (unpaired) electrons. The number of rotatable bonds is 8. The van der Waals surface area contributed by atoms with Gasteiger partial charge in [0, 0.05) is 37.3 Å². The second-order valence-electron chi connectivity index (χ2n) is 6.07. The zero-order chi connectivity index (χ0) is 21.3. The number of pyridine rings is 1. The smallest absolute Gasteiger partial charge is 0.339 e. The van der Waals surface area contributed by atoms with E-state index in [0.717, 1.165) is 11.8 Å². The van der Waals surface area contributed by atoms with Gasteiger partial charge in [-0.3, -0.25) is 19.7 Å². The van der Waals surface area contributed by atoms with Gasteiger partial charge in [-0.1, -0.05) is 17.9 Å². The van der Waals surface area contributed by atoms with E-state index < -0.39 is 37.5 Å². The van der Waals surface area contributed by atoms with Gasteiger partial charge in [-0.05, 0) is 24.3 Å². The first-order chi connectivity index (χ1) is 13.7. The summed E-state index contributed by atoms with van der Waals surface area (Å²) in [5.41, 5.74) is 0.731. The van der Waals surface area contributed by atoms with Gasteiger partial charge in [0.1, 0.15) is 11.6 Å². The van der Waals surface area contributed by atoms with Crippen molar-refractivity contribution in [2.75, 3.05) is 12.8 Å². The van der Waals surface area contributed by atoms with Crippen LogP contribution in [0.25, 0.3) is 0 Å². The SMILES string of the molecule is O=C(NCCc1ccccn1)[C@H](CC#Cc1ccc(F)cc1F)NCP(=O)(O)O. The van der Waals surface area contributed by atoms with Crippen LogP contribution in [0.1, 0.15) is 17.7 Å². The highest BCUT2D eigenvalue weighted by Gasteiger charge is 2.21. The van der Waals surface area contributed by atoms with E-state index in [1.807, 2.05) is 6.07 Å². The number of nitrogens with one attached hydrogen (secondary N) is 2. The third kappa shape index (κ3) is 8.50. The lowest BCUT2D eigenvalue weighted by molar-refractivity contribution is -0.122. The number of hydrogen-bond donors (Lipinski definition) is 4. The van der Waals surface area contributed by atoms with Crippen molar-refractivity contribution in [3.05, 3.63) is 65.5 Å². The number of amides is 1. The van der Waals surface area contributed by atoms with Crippen LogP contribution < -0.4 is 10.6 Å². The van der Waals surface area contributed by atoms with Crippen LogP contribution in [-0.2, 0) is 15.8 Å². The molecular weight excluding hydrogens is 403 g/mol. The minimum atomic E-state index is -4.39. The predicted octanol–water partition coefficient (Wildman–Crippen LogP) is 1.55. The molecule has 2 rings (SSSR count). The monoisotopic (exact) mass is 423 g/mol. The number of nitrogens with zero attached hydrogens (tertiary/aromatic N) is 1. The Morgan fingerprint density at radius 1 is 1.24 bits per heavy atom. The van der Waals surface area contributed by atoms with Gasteiger partial charge in [-0.2, -0.15) is 0 Å². The van der Waals surface area contributed by atoms with E-state index in [-0.39, 0.29) is 18.5 Å². The molecule has 1 aromatic carbocycles. The highest BCUT2D eigenvalue weighted by atomic mass is 31.2. The number of carbonyl (C=O) groups is 1. The Kier molecular flexibility index (Phi) is 8.43. The standard InChI is InChI=1S/C19H20F2N3O4P/c20-15-8-7-14(17(21)12-15)4-3-6-18(24-13-29(26,27)28)19(25)23-11-9-16-5-1-2-10-22-16/h1-2,5,7-8,10,12,18,24H,6,9,11,13H2,(H,23,25)(H2,26,27,28)/t18-/m0/s1. The zero-order valence-corrected chi connectivity index (χ0v) is 16.2. The highest BCUT2D eigenvalue weighted by molar-refractivity contribution is 7.51. The van der Waals surface area contributed by atoms with Gasteiger partial charge in [-0.15, -0.1) is 0 Å². The molecule has 7 nitrogen and oxygen atoms in total. The van der Waals surface area contributed by atoms with E-state index in [0.29, 0.717) is 12.5 Å². The Morgan fingerprint density at radius 2 is 2.03 bits per heavy atom. The number of carbonyl (C=O) groups excluding carboxylic acids is 1. The fourth-order valence-electron chi connectivity index (χ4n) is 2.31. The van der Waals surface area contributed by atoms with Crippen molar-refractivity contribution in [2.24, 2.45) is 0 Å². The Balaban J connectivity index is 1.99. The lowest BCUT2D eigenvalue weighted by Crippen LogP contribution is -2.44. The minimum absolute atomic E-state index is 0.0456. The molecule has 1 heterocycles. The predicted molar refractivity (Wildman–Crippen MR) is 103 cm³/mol. The van der Waals surface area contributed by atoms with Crippen LogP contribution in [0.15, 0.2) is 42.6 Å². The molecule has 2 aromatic rings. The minimum Gasteiger partial charge on any atom is -0.354 e. The molecule has 1 atom stereocenters. The summed E-state index contributed by atoms with van der Waals surface area (Å²) in [6, 6.07) is 7.29. The van der Waals surface area contributed by atoms with Crippen molar-refractivity contribution >= 4 is 13.5 Å². The lowest BCUT2D eigenvalue weighted by Gasteiger charge is -2.16. The van der Waals surface area contributed by atoms with Gasteiger partial charge in [-0.25, -0.2) is 8.78 Å². The molecule has 0 spiro atoms. The molecule has 0 fully saturated rings. The van der Waals surface area contributed by atoms with Crippen LogP contribution in [0, 0.1) is 23.5 Å². The molecule has 4 N–H and O–H groups in total. The van der Waals surface area contributed by atoms with Crippen LogP contribution in [0.5, 0.6) is 0 Å².